The zero-order valence-corrected chi connectivity index (χ0v) is 13.7. The van der Waals surface area contributed by atoms with Crippen molar-refractivity contribution in [2.24, 2.45) is 0 Å². The fourth-order valence-corrected chi connectivity index (χ4v) is 2.10. The summed E-state index contributed by atoms with van der Waals surface area (Å²) in [5, 5.41) is 5.83. The number of hydrogen-bond donors (Lipinski definition) is 2. The third-order valence-corrected chi connectivity index (χ3v) is 3.59. The van der Waals surface area contributed by atoms with Crippen LogP contribution < -0.4 is 10.6 Å². The number of carbonyl (C=O) groups is 2. The molecule has 0 aliphatic rings. The monoisotopic (exact) mass is 394 g/mol. The lowest BCUT2D eigenvalue weighted by molar-refractivity contribution is -0.114. The molecule has 0 unspecified atom stereocenters. The molecule has 0 radical (unpaired) electrons. The van der Waals surface area contributed by atoms with E-state index in [1.807, 2.05) is 24.3 Å². The first-order valence-electron chi connectivity index (χ1n) is 6.45. The number of nitrogens with one attached hydrogen (secondary N) is 2. The topological polar surface area (TPSA) is 58.2 Å². The van der Waals surface area contributed by atoms with Crippen molar-refractivity contribution in [2.45, 2.75) is 6.92 Å². The highest BCUT2D eigenvalue weighted by atomic mass is 127. The zero-order chi connectivity index (χ0) is 15.2. The molecule has 0 aliphatic heterocycles. The summed E-state index contributed by atoms with van der Waals surface area (Å²) in [7, 11) is 0. The van der Waals surface area contributed by atoms with E-state index in [4.69, 9.17) is 0 Å². The molecule has 0 fully saturated rings. The van der Waals surface area contributed by atoms with Crippen molar-refractivity contribution < 1.29 is 9.59 Å². The number of Topliss-reactive ketones (excluding diaryl/α,β-unsaturated/α-hetero) is 1. The second-order valence-electron chi connectivity index (χ2n) is 4.54. The molecule has 0 spiro atoms. The van der Waals surface area contributed by atoms with Crippen LogP contribution in [0.15, 0.2) is 48.5 Å². The number of ketones is 1. The van der Waals surface area contributed by atoms with E-state index in [2.05, 4.69) is 33.2 Å². The Balaban J connectivity index is 1.86. The van der Waals surface area contributed by atoms with Crippen LogP contribution in [0.2, 0.25) is 0 Å². The number of benzene rings is 2. The van der Waals surface area contributed by atoms with Gasteiger partial charge in [-0.1, -0.05) is 0 Å². The van der Waals surface area contributed by atoms with Crippen molar-refractivity contribution in [2.75, 3.05) is 17.2 Å². The Morgan fingerprint density at radius 3 is 2.10 bits per heavy atom. The quantitative estimate of drug-likeness (QED) is 0.603. The minimum atomic E-state index is -0.135. The predicted octanol–water partition coefficient (Wildman–Crippen LogP) is 3.54. The molecule has 0 atom stereocenters. The lowest BCUT2D eigenvalue weighted by Crippen LogP contribution is -2.21. The summed E-state index contributed by atoms with van der Waals surface area (Å²) in [6.07, 6.45) is 0. The first-order valence-corrected chi connectivity index (χ1v) is 7.53. The van der Waals surface area contributed by atoms with E-state index in [0.717, 1.165) is 9.26 Å². The van der Waals surface area contributed by atoms with Crippen molar-refractivity contribution in [3.05, 3.63) is 57.7 Å². The summed E-state index contributed by atoms with van der Waals surface area (Å²) in [5.41, 5.74) is 2.21. The average Bonchev–Trinajstić information content (AvgIpc) is 2.47. The summed E-state index contributed by atoms with van der Waals surface area (Å²) < 4.78 is 1.15. The molecule has 2 aromatic carbocycles. The summed E-state index contributed by atoms with van der Waals surface area (Å²) in [6.45, 7) is 1.70. The van der Waals surface area contributed by atoms with Gasteiger partial charge in [0.15, 0.2) is 5.78 Å². The number of carbonyl (C=O) groups excluding carboxylic acids is 2. The number of anilines is 2. The van der Waals surface area contributed by atoms with E-state index < -0.39 is 0 Å². The standard InChI is InChI=1S/C16H15IN2O2/c1-11(20)12-2-6-15(7-3-12)19-16(21)10-18-14-8-4-13(17)5-9-14/h2-9,18H,10H2,1H3,(H,19,21). The van der Waals surface area contributed by atoms with E-state index in [1.165, 1.54) is 6.92 Å². The van der Waals surface area contributed by atoms with Crippen LogP contribution in [-0.4, -0.2) is 18.2 Å². The fourth-order valence-electron chi connectivity index (χ4n) is 1.74. The highest BCUT2D eigenvalue weighted by Crippen LogP contribution is 2.12. The molecule has 1 amide bonds. The van der Waals surface area contributed by atoms with Crippen molar-refractivity contribution in [3.8, 4) is 0 Å². The van der Waals surface area contributed by atoms with Gasteiger partial charge in [0, 0.05) is 20.5 Å². The number of rotatable bonds is 5. The molecule has 0 bridgehead atoms. The second kappa shape index (κ2) is 7.21. The predicted molar refractivity (Wildman–Crippen MR) is 92.7 cm³/mol. The van der Waals surface area contributed by atoms with Crippen LogP contribution in [0.1, 0.15) is 17.3 Å². The van der Waals surface area contributed by atoms with E-state index in [1.54, 1.807) is 24.3 Å². The van der Waals surface area contributed by atoms with Gasteiger partial charge in [-0.25, -0.2) is 0 Å². The summed E-state index contributed by atoms with van der Waals surface area (Å²) in [5.74, 6) is -0.127. The minimum absolute atomic E-state index is 0.00764. The molecule has 2 rings (SSSR count). The summed E-state index contributed by atoms with van der Waals surface area (Å²) in [6, 6.07) is 14.6. The van der Waals surface area contributed by atoms with Crippen molar-refractivity contribution in [1.29, 1.82) is 0 Å². The molecule has 2 aromatic rings. The Kier molecular flexibility index (Phi) is 5.32. The Bertz CT molecular complexity index is 636. The largest absolute Gasteiger partial charge is 0.376 e. The van der Waals surface area contributed by atoms with Crippen molar-refractivity contribution in [3.63, 3.8) is 0 Å². The molecule has 2 N–H and O–H groups in total. The highest BCUT2D eigenvalue weighted by molar-refractivity contribution is 14.1. The van der Waals surface area contributed by atoms with Gasteiger partial charge in [0.05, 0.1) is 6.54 Å². The SMILES string of the molecule is CC(=O)c1ccc(NC(=O)CNc2ccc(I)cc2)cc1. The van der Waals surface area contributed by atoms with Crippen molar-refractivity contribution >= 4 is 45.7 Å². The molecule has 108 valence electrons. The molecule has 4 nitrogen and oxygen atoms in total. The van der Waals surface area contributed by atoms with E-state index in [9.17, 15) is 9.59 Å². The van der Waals surface area contributed by atoms with Gasteiger partial charge in [0.25, 0.3) is 0 Å². The van der Waals surface area contributed by atoms with Crippen LogP contribution in [0.25, 0.3) is 0 Å². The van der Waals surface area contributed by atoms with Gasteiger partial charge in [0.1, 0.15) is 0 Å². The molecular weight excluding hydrogens is 379 g/mol. The number of amides is 1. The van der Waals surface area contributed by atoms with E-state index >= 15 is 0 Å². The molecule has 0 heterocycles. The third kappa shape index (κ3) is 4.86. The van der Waals surface area contributed by atoms with Gasteiger partial charge in [-0.15, -0.1) is 0 Å². The van der Waals surface area contributed by atoms with Gasteiger partial charge in [-0.05, 0) is 78.0 Å². The third-order valence-electron chi connectivity index (χ3n) is 2.87. The van der Waals surface area contributed by atoms with Gasteiger partial charge in [-0.2, -0.15) is 0 Å². The molecule has 0 saturated heterocycles. The van der Waals surface area contributed by atoms with Crippen LogP contribution in [0.5, 0.6) is 0 Å². The Morgan fingerprint density at radius 1 is 0.952 bits per heavy atom. The molecule has 5 heteroatoms. The van der Waals surface area contributed by atoms with Gasteiger partial charge in [-0.3, -0.25) is 9.59 Å². The maximum absolute atomic E-state index is 11.8. The highest BCUT2D eigenvalue weighted by Gasteiger charge is 2.03. The van der Waals surface area contributed by atoms with Crippen LogP contribution in [0.4, 0.5) is 11.4 Å². The van der Waals surface area contributed by atoms with Crippen LogP contribution in [-0.2, 0) is 4.79 Å². The van der Waals surface area contributed by atoms with Gasteiger partial charge >= 0.3 is 0 Å². The fraction of sp³-hybridized carbons (Fsp3) is 0.125. The van der Waals surface area contributed by atoms with Crippen LogP contribution in [0.3, 0.4) is 0 Å². The average molecular weight is 394 g/mol. The smallest absolute Gasteiger partial charge is 0.243 e. The van der Waals surface area contributed by atoms with Gasteiger partial charge in [0.2, 0.25) is 5.91 Å². The zero-order valence-electron chi connectivity index (χ0n) is 11.5. The molecule has 21 heavy (non-hydrogen) atoms. The molecule has 0 aliphatic carbocycles. The van der Waals surface area contributed by atoms with E-state index in [-0.39, 0.29) is 18.2 Å². The minimum Gasteiger partial charge on any atom is -0.376 e. The number of halogens is 1. The van der Waals surface area contributed by atoms with Crippen molar-refractivity contribution in [1.82, 2.24) is 0 Å². The lowest BCUT2D eigenvalue weighted by Gasteiger charge is -2.08. The molecule has 0 aromatic heterocycles. The maximum atomic E-state index is 11.8. The normalized spacial score (nSPS) is 10.0. The summed E-state index contributed by atoms with van der Waals surface area (Å²) >= 11 is 2.23. The lowest BCUT2D eigenvalue weighted by atomic mass is 10.1. The van der Waals surface area contributed by atoms with Crippen LogP contribution >= 0.6 is 22.6 Å². The maximum Gasteiger partial charge on any atom is 0.243 e. The Morgan fingerprint density at radius 2 is 1.52 bits per heavy atom. The summed E-state index contributed by atoms with van der Waals surface area (Å²) in [4.78, 5) is 23.0. The number of hydrogen-bond acceptors (Lipinski definition) is 3. The second-order valence-corrected chi connectivity index (χ2v) is 5.79. The van der Waals surface area contributed by atoms with Crippen LogP contribution in [0, 0.1) is 3.57 Å². The Hall–Kier alpha value is -1.89. The first-order chi connectivity index (χ1) is 10.0. The van der Waals surface area contributed by atoms with E-state index in [0.29, 0.717) is 11.3 Å². The molecule has 0 saturated carbocycles. The van der Waals surface area contributed by atoms with Gasteiger partial charge < -0.3 is 10.6 Å². The Labute approximate surface area is 137 Å². The molecular formula is C16H15IN2O2. The first kappa shape index (κ1) is 15.5.